The molecule has 0 saturated heterocycles. The summed E-state index contributed by atoms with van der Waals surface area (Å²) in [5.41, 5.74) is 2.33. The molecule has 2 nitrogen and oxygen atoms in total. The van der Waals surface area contributed by atoms with E-state index in [1.165, 1.54) is 37.8 Å². The lowest BCUT2D eigenvalue weighted by Gasteiger charge is -2.30. The maximum atomic E-state index is 8.73. The number of nitrogens with zero attached hydrogens (tertiary/aromatic N) is 1. The molecule has 0 unspecified atom stereocenters. The lowest BCUT2D eigenvalue weighted by Crippen LogP contribution is -2.35. The van der Waals surface area contributed by atoms with Crippen LogP contribution in [0.5, 0.6) is 0 Å². The summed E-state index contributed by atoms with van der Waals surface area (Å²) in [5, 5.41) is 8.73. The van der Waals surface area contributed by atoms with E-state index in [-0.39, 0.29) is 6.61 Å². The molecule has 0 aliphatic heterocycles. The number of aliphatic hydroxyl groups excluding tert-OH is 1. The lowest BCUT2D eigenvalue weighted by molar-refractivity contribution is 0.168. The first-order chi connectivity index (χ1) is 10.2. The van der Waals surface area contributed by atoms with Gasteiger partial charge in [0.1, 0.15) is 6.61 Å². The average Bonchev–Trinajstić information content (AvgIpc) is 2.99. The van der Waals surface area contributed by atoms with Gasteiger partial charge in [0.15, 0.2) is 0 Å². The quantitative estimate of drug-likeness (QED) is 0.838. The van der Waals surface area contributed by atoms with Crippen LogP contribution in [0.1, 0.15) is 50.7 Å². The third kappa shape index (κ3) is 5.19. The Morgan fingerprint density at radius 2 is 1.86 bits per heavy atom. The number of hydrogen-bond acceptors (Lipinski definition) is 2. The van der Waals surface area contributed by atoms with E-state index in [0.717, 1.165) is 18.2 Å². The number of benzene rings is 1. The van der Waals surface area contributed by atoms with Crippen LogP contribution in [0.25, 0.3) is 0 Å². The fourth-order valence-corrected chi connectivity index (χ4v) is 3.15. The molecule has 1 aromatic carbocycles. The van der Waals surface area contributed by atoms with E-state index in [0.29, 0.717) is 5.92 Å². The molecule has 0 amide bonds. The van der Waals surface area contributed by atoms with E-state index in [2.05, 4.69) is 54.9 Å². The summed E-state index contributed by atoms with van der Waals surface area (Å²) in [6.45, 7) is 6.74. The highest BCUT2D eigenvalue weighted by Crippen LogP contribution is 2.25. The second-order valence-electron chi connectivity index (χ2n) is 6.42. The topological polar surface area (TPSA) is 23.5 Å². The zero-order chi connectivity index (χ0) is 15.1. The van der Waals surface area contributed by atoms with Crippen molar-refractivity contribution in [3.63, 3.8) is 0 Å². The van der Waals surface area contributed by atoms with Crippen LogP contribution in [0.3, 0.4) is 0 Å². The van der Waals surface area contributed by atoms with E-state index < -0.39 is 0 Å². The second-order valence-corrected chi connectivity index (χ2v) is 6.42. The molecule has 0 radical (unpaired) electrons. The molecular weight excluding hydrogens is 258 g/mol. The molecule has 1 fully saturated rings. The predicted molar refractivity (Wildman–Crippen MR) is 87.9 cm³/mol. The van der Waals surface area contributed by atoms with E-state index >= 15 is 0 Å². The van der Waals surface area contributed by atoms with Gasteiger partial charge in [-0.05, 0) is 36.5 Å². The summed E-state index contributed by atoms with van der Waals surface area (Å²) in [5.74, 6) is 6.35. The maximum absolute atomic E-state index is 8.73. The van der Waals surface area contributed by atoms with E-state index in [9.17, 15) is 0 Å². The van der Waals surface area contributed by atoms with E-state index in [1.54, 1.807) is 0 Å². The van der Waals surface area contributed by atoms with Gasteiger partial charge in [-0.15, -0.1) is 0 Å². The molecule has 1 aliphatic rings. The van der Waals surface area contributed by atoms with E-state index in [1.807, 2.05) is 0 Å². The smallest absolute Gasteiger partial charge is 0.104 e. The van der Waals surface area contributed by atoms with Gasteiger partial charge in [0.2, 0.25) is 0 Å². The van der Waals surface area contributed by atoms with Crippen LogP contribution in [-0.2, 0) is 6.54 Å². The van der Waals surface area contributed by atoms with Gasteiger partial charge in [0.25, 0.3) is 0 Å². The third-order valence-electron chi connectivity index (χ3n) is 4.09. The largest absolute Gasteiger partial charge is 0.384 e. The second kappa shape index (κ2) is 8.22. The van der Waals surface area contributed by atoms with Crippen molar-refractivity contribution in [2.45, 2.75) is 52.1 Å². The Balaban J connectivity index is 2.01. The van der Waals surface area contributed by atoms with Gasteiger partial charge < -0.3 is 5.11 Å². The minimum atomic E-state index is -0.0778. The summed E-state index contributed by atoms with van der Waals surface area (Å²) in [6.07, 6.45) is 5.48. The monoisotopic (exact) mass is 285 g/mol. The number of rotatable bonds is 5. The molecule has 0 aromatic heterocycles. The molecule has 1 aromatic rings. The standard InChI is InChI=1S/C19H27NO/c1-16(2)14-20(19-7-3-4-8-19)15-18-11-9-17(10-12-18)6-5-13-21/h9-12,16,19,21H,3-4,7-8,13-15H2,1-2H3. The zero-order valence-corrected chi connectivity index (χ0v) is 13.3. The summed E-state index contributed by atoms with van der Waals surface area (Å²) in [7, 11) is 0. The molecule has 0 heterocycles. The highest BCUT2D eigenvalue weighted by atomic mass is 16.2. The van der Waals surface area contributed by atoms with Gasteiger partial charge >= 0.3 is 0 Å². The summed E-state index contributed by atoms with van der Waals surface area (Å²) >= 11 is 0. The van der Waals surface area contributed by atoms with Crippen molar-refractivity contribution in [1.82, 2.24) is 4.90 Å². The highest BCUT2D eigenvalue weighted by Gasteiger charge is 2.23. The van der Waals surface area contributed by atoms with E-state index in [4.69, 9.17) is 5.11 Å². The van der Waals surface area contributed by atoms with Gasteiger partial charge in [-0.1, -0.05) is 50.7 Å². The van der Waals surface area contributed by atoms with Crippen molar-refractivity contribution >= 4 is 0 Å². The molecule has 1 N–H and O–H groups in total. The SMILES string of the molecule is CC(C)CN(Cc1ccc(C#CCO)cc1)C1CCCC1. The summed E-state index contributed by atoms with van der Waals surface area (Å²) < 4.78 is 0. The Morgan fingerprint density at radius 1 is 1.19 bits per heavy atom. The Kier molecular flexibility index (Phi) is 6.29. The first-order valence-electron chi connectivity index (χ1n) is 8.11. The number of aliphatic hydroxyl groups is 1. The molecule has 114 valence electrons. The van der Waals surface area contributed by atoms with Crippen LogP contribution in [0.2, 0.25) is 0 Å². The molecule has 1 saturated carbocycles. The maximum Gasteiger partial charge on any atom is 0.104 e. The van der Waals surface area contributed by atoms with Crippen molar-refractivity contribution in [3.8, 4) is 11.8 Å². The van der Waals surface area contributed by atoms with Crippen molar-refractivity contribution in [2.75, 3.05) is 13.2 Å². The molecule has 0 atom stereocenters. The van der Waals surface area contributed by atoms with Crippen LogP contribution in [-0.4, -0.2) is 29.2 Å². The molecule has 21 heavy (non-hydrogen) atoms. The van der Waals surface area contributed by atoms with Crippen LogP contribution in [0, 0.1) is 17.8 Å². The van der Waals surface area contributed by atoms with Crippen molar-refractivity contribution in [1.29, 1.82) is 0 Å². The Hall–Kier alpha value is -1.30. The van der Waals surface area contributed by atoms with Crippen LogP contribution in [0.4, 0.5) is 0 Å². The van der Waals surface area contributed by atoms with Crippen molar-refractivity contribution in [3.05, 3.63) is 35.4 Å². The first-order valence-corrected chi connectivity index (χ1v) is 8.11. The van der Waals surface area contributed by atoms with Gasteiger partial charge in [0.05, 0.1) is 0 Å². The molecule has 1 aliphatic carbocycles. The zero-order valence-electron chi connectivity index (χ0n) is 13.3. The van der Waals surface area contributed by atoms with Gasteiger partial charge in [-0.3, -0.25) is 4.90 Å². The molecule has 0 spiro atoms. The Morgan fingerprint density at radius 3 is 2.43 bits per heavy atom. The lowest BCUT2D eigenvalue weighted by atomic mass is 10.1. The normalized spacial score (nSPS) is 15.5. The van der Waals surface area contributed by atoms with Crippen molar-refractivity contribution in [2.24, 2.45) is 5.92 Å². The minimum Gasteiger partial charge on any atom is -0.384 e. The first kappa shape index (κ1) is 16.1. The van der Waals surface area contributed by atoms with Crippen LogP contribution < -0.4 is 0 Å². The van der Waals surface area contributed by atoms with Crippen LogP contribution >= 0.6 is 0 Å². The predicted octanol–water partition coefficient (Wildman–Crippen LogP) is 3.43. The Labute approximate surface area is 129 Å². The third-order valence-corrected chi connectivity index (χ3v) is 4.09. The van der Waals surface area contributed by atoms with Gasteiger partial charge in [0, 0.05) is 24.7 Å². The molecule has 2 heteroatoms. The van der Waals surface area contributed by atoms with Crippen LogP contribution in [0.15, 0.2) is 24.3 Å². The molecular formula is C19H27NO. The summed E-state index contributed by atoms with van der Waals surface area (Å²) in [4.78, 5) is 2.66. The summed E-state index contributed by atoms with van der Waals surface area (Å²) in [6, 6.07) is 9.22. The van der Waals surface area contributed by atoms with Gasteiger partial charge in [-0.25, -0.2) is 0 Å². The van der Waals surface area contributed by atoms with Crippen molar-refractivity contribution < 1.29 is 5.11 Å². The molecule has 0 bridgehead atoms. The Bertz CT molecular complexity index is 475. The minimum absolute atomic E-state index is 0.0778. The fraction of sp³-hybridized carbons (Fsp3) is 0.579. The van der Waals surface area contributed by atoms with Gasteiger partial charge in [-0.2, -0.15) is 0 Å². The average molecular weight is 285 g/mol. The number of hydrogen-bond donors (Lipinski definition) is 1. The fourth-order valence-electron chi connectivity index (χ4n) is 3.15. The molecule has 2 rings (SSSR count). The highest BCUT2D eigenvalue weighted by molar-refractivity contribution is 5.36.